The molecule has 0 saturated carbocycles. The van der Waals surface area contributed by atoms with Gasteiger partial charge in [0, 0.05) is 0 Å². The van der Waals surface area contributed by atoms with E-state index in [4.69, 9.17) is 33.9 Å². The predicted molar refractivity (Wildman–Crippen MR) is 83.7 cm³/mol. The van der Waals surface area contributed by atoms with Gasteiger partial charge in [0.25, 0.3) is 0 Å². The quantitative estimate of drug-likeness (QED) is 0.307. The molecular formula is C7H12O2S6. The molecule has 0 atom stereocenters. The van der Waals surface area contributed by atoms with Crippen LogP contribution < -0.4 is 0 Å². The molecule has 0 saturated heterocycles. The summed E-state index contributed by atoms with van der Waals surface area (Å²) >= 11 is 9.90. The second-order valence-electron chi connectivity index (χ2n) is 1.89. The lowest BCUT2D eigenvalue weighted by Gasteiger charge is -2.04. The van der Waals surface area contributed by atoms with Crippen LogP contribution in [0.15, 0.2) is 0 Å². The van der Waals surface area contributed by atoms with Gasteiger partial charge in [-0.15, -0.1) is 0 Å². The average Bonchev–Trinajstić information content (AvgIpc) is 2.18. The van der Waals surface area contributed by atoms with E-state index in [-0.39, 0.29) is 0 Å². The van der Waals surface area contributed by atoms with Gasteiger partial charge in [0.15, 0.2) is 0 Å². The summed E-state index contributed by atoms with van der Waals surface area (Å²) in [5.74, 6) is 0. The van der Waals surface area contributed by atoms with Crippen LogP contribution in [0.3, 0.4) is 0 Å². The van der Waals surface area contributed by atoms with Crippen molar-refractivity contribution in [3.63, 3.8) is 0 Å². The highest BCUT2D eigenvalue weighted by Crippen LogP contribution is 2.34. The monoisotopic (exact) mass is 320 g/mol. The Morgan fingerprint density at radius 3 is 1.67 bits per heavy atom. The van der Waals surface area contributed by atoms with Crippen LogP contribution in [0.2, 0.25) is 0 Å². The van der Waals surface area contributed by atoms with Crippen LogP contribution in [0.25, 0.3) is 0 Å². The normalized spacial score (nSPS) is 9.73. The summed E-state index contributed by atoms with van der Waals surface area (Å²) in [5, 5.41) is 0.885. The molecule has 15 heavy (non-hydrogen) atoms. The predicted octanol–water partition coefficient (Wildman–Crippen LogP) is 4.35. The summed E-state index contributed by atoms with van der Waals surface area (Å²) in [4.78, 5) is 0. The summed E-state index contributed by atoms with van der Waals surface area (Å²) < 4.78 is 11.4. The van der Waals surface area contributed by atoms with Crippen molar-refractivity contribution in [2.45, 2.75) is 13.8 Å². The van der Waals surface area contributed by atoms with Gasteiger partial charge in [-0.05, 0) is 59.9 Å². The molecule has 8 heteroatoms. The first-order chi connectivity index (χ1) is 7.20. The van der Waals surface area contributed by atoms with Crippen LogP contribution >= 0.6 is 67.6 Å². The molecule has 0 heterocycles. The molecule has 0 aromatic heterocycles. The molecule has 0 radical (unpaired) electrons. The molecule has 0 aliphatic carbocycles. The highest BCUT2D eigenvalue weighted by molar-refractivity contribution is 8.91. The van der Waals surface area contributed by atoms with E-state index < -0.39 is 0 Å². The topological polar surface area (TPSA) is 18.5 Å². The SMILES string of the molecule is CCOC(=S)SSCSSC(=S)OCC. The Morgan fingerprint density at radius 1 is 0.933 bits per heavy atom. The Hall–Kier alpha value is 1.18. The molecule has 0 amide bonds. The molecule has 0 aromatic rings. The Bertz CT molecular complexity index is 178. The van der Waals surface area contributed by atoms with Gasteiger partial charge in [0.2, 0.25) is 8.77 Å². The molecule has 0 spiro atoms. The van der Waals surface area contributed by atoms with Crippen molar-refractivity contribution in [1.82, 2.24) is 0 Å². The molecule has 2 nitrogen and oxygen atoms in total. The van der Waals surface area contributed by atoms with Crippen LogP contribution in [0, 0.1) is 0 Å². The molecule has 0 aliphatic rings. The minimum absolute atomic E-state index is 0.584. The maximum Gasteiger partial charge on any atom is 0.230 e. The molecule has 0 unspecified atom stereocenters. The zero-order valence-corrected chi connectivity index (χ0v) is 13.3. The zero-order chi connectivity index (χ0) is 11.5. The van der Waals surface area contributed by atoms with Crippen molar-refractivity contribution < 1.29 is 9.47 Å². The van der Waals surface area contributed by atoms with Gasteiger partial charge in [0.1, 0.15) is 0 Å². The third kappa shape index (κ3) is 11.4. The first-order valence-corrected chi connectivity index (χ1v) is 9.58. The Morgan fingerprint density at radius 2 is 1.33 bits per heavy atom. The Kier molecular flexibility index (Phi) is 12.6. The van der Waals surface area contributed by atoms with Gasteiger partial charge in [-0.3, -0.25) is 0 Å². The van der Waals surface area contributed by atoms with Crippen LogP contribution in [0.4, 0.5) is 0 Å². The highest BCUT2D eigenvalue weighted by atomic mass is 33.1. The minimum Gasteiger partial charge on any atom is -0.478 e. The molecule has 0 rings (SSSR count). The second-order valence-corrected chi connectivity index (χ2v) is 8.05. The fourth-order valence-corrected chi connectivity index (χ4v) is 5.76. The molecule has 0 bridgehead atoms. The molecule has 0 N–H and O–H groups in total. The van der Waals surface area contributed by atoms with Gasteiger partial charge < -0.3 is 9.47 Å². The first kappa shape index (κ1) is 16.2. The second kappa shape index (κ2) is 11.7. The van der Waals surface area contributed by atoms with E-state index >= 15 is 0 Å². The third-order valence-corrected chi connectivity index (χ3v) is 7.10. The summed E-state index contributed by atoms with van der Waals surface area (Å²) in [6.07, 6.45) is 0. The summed E-state index contributed by atoms with van der Waals surface area (Å²) in [6, 6.07) is 0. The number of ether oxygens (including phenoxy) is 2. The van der Waals surface area contributed by atoms with Crippen molar-refractivity contribution in [2.24, 2.45) is 0 Å². The summed E-state index contributed by atoms with van der Waals surface area (Å²) in [7, 11) is 6.22. The number of thiocarbonyl (C=S) groups is 2. The zero-order valence-electron chi connectivity index (χ0n) is 8.39. The van der Waals surface area contributed by atoms with E-state index in [0.717, 1.165) is 5.08 Å². The van der Waals surface area contributed by atoms with E-state index in [1.807, 2.05) is 13.8 Å². The van der Waals surface area contributed by atoms with E-state index in [1.54, 1.807) is 21.6 Å². The number of rotatable bonds is 6. The highest BCUT2D eigenvalue weighted by Gasteiger charge is 2.01. The van der Waals surface area contributed by atoms with Crippen molar-refractivity contribution in [1.29, 1.82) is 0 Å². The van der Waals surface area contributed by atoms with Crippen LogP contribution in [0.1, 0.15) is 13.8 Å². The summed E-state index contributed by atoms with van der Waals surface area (Å²) in [5.41, 5.74) is 0. The van der Waals surface area contributed by atoms with Crippen molar-refractivity contribution in [3.8, 4) is 0 Å². The lowest BCUT2D eigenvalue weighted by Crippen LogP contribution is -1.94. The van der Waals surface area contributed by atoms with Gasteiger partial charge in [0.05, 0.1) is 18.3 Å². The Labute approximate surface area is 117 Å². The number of hydrogen-bond acceptors (Lipinski definition) is 8. The fraction of sp³-hybridized carbons (Fsp3) is 0.714. The van der Waals surface area contributed by atoms with Crippen LogP contribution in [0.5, 0.6) is 0 Å². The van der Waals surface area contributed by atoms with Crippen LogP contribution in [-0.2, 0) is 9.47 Å². The maximum absolute atomic E-state index is 5.12. The van der Waals surface area contributed by atoms with Gasteiger partial charge in [-0.1, -0.05) is 21.6 Å². The molecule has 0 fully saturated rings. The minimum atomic E-state index is 0.584. The third-order valence-electron chi connectivity index (χ3n) is 0.875. The maximum atomic E-state index is 5.12. The lowest BCUT2D eigenvalue weighted by atomic mass is 10.9. The Balaban J connectivity index is 3.24. The summed E-state index contributed by atoms with van der Waals surface area (Å²) in [6.45, 7) is 5.09. The van der Waals surface area contributed by atoms with Gasteiger partial charge in [-0.2, -0.15) is 0 Å². The van der Waals surface area contributed by atoms with Crippen molar-refractivity contribution in [2.75, 3.05) is 18.3 Å². The van der Waals surface area contributed by atoms with Gasteiger partial charge in [-0.25, -0.2) is 0 Å². The molecule has 0 aliphatic heterocycles. The first-order valence-electron chi connectivity index (χ1n) is 4.13. The standard InChI is InChI=1S/C7H12O2S6/c1-3-8-6(10)14-12-5-13-15-7(11)9-4-2/h3-5H2,1-2H3. The van der Waals surface area contributed by atoms with Crippen molar-refractivity contribution >= 4 is 76.4 Å². The molecule has 88 valence electrons. The van der Waals surface area contributed by atoms with Crippen molar-refractivity contribution in [3.05, 3.63) is 0 Å². The largest absolute Gasteiger partial charge is 0.478 e. The van der Waals surface area contributed by atoms with E-state index in [2.05, 4.69) is 0 Å². The lowest BCUT2D eigenvalue weighted by molar-refractivity contribution is 0.346. The van der Waals surface area contributed by atoms with E-state index in [0.29, 0.717) is 22.0 Å². The smallest absolute Gasteiger partial charge is 0.230 e. The van der Waals surface area contributed by atoms with Crippen LogP contribution in [-0.4, -0.2) is 27.1 Å². The number of hydrogen-bond donors (Lipinski definition) is 0. The van der Waals surface area contributed by atoms with E-state index in [9.17, 15) is 0 Å². The fourth-order valence-electron chi connectivity index (χ4n) is 0.448. The average molecular weight is 321 g/mol. The molecule has 0 aromatic carbocycles. The van der Waals surface area contributed by atoms with Gasteiger partial charge >= 0.3 is 0 Å². The molecular weight excluding hydrogens is 308 g/mol. The van der Waals surface area contributed by atoms with E-state index in [1.165, 1.54) is 21.6 Å².